The van der Waals surface area contributed by atoms with Crippen LogP contribution in [0.15, 0.2) is 181 Å². The number of nitrogens with zero attached hydrogens (tertiary/aromatic N) is 1. The molecule has 0 saturated heterocycles. The third-order valence-electron chi connectivity index (χ3n) is 10.9. The van der Waals surface area contributed by atoms with Crippen LogP contribution >= 0.6 is 0 Å². The van der Waals surface area contributed by atoms with Crippen molar-refractivity contribution in [2.24, 2.45) is 10.9 Å². The molecule has 240 valence electrons. The summed E-state index contributed by atoms with van der Waals surface area (Å²) in [5, 5.41) is 7.44. The quantitative estimate of drug-likeness (QED) is 0.201. The van der Waals surface area contributed by atoms with E-state index in [0.29, 0.717) is 0 Å². The van der Waals surface area contributed by atoms with Crippen LogP contribution in [0.5, 0.6) is 5.75 Å². The maximum atomic E-state index is 6.65. The first-order valence-electron chi connectivity index (χ1n) is 17.4. The van der Waals surface area contributed by atoms with Crippen LogP contribution in [-0.2, 0) is 5.41 Å². The van der Waals surface area contributed by atoms with Crippen LogP contribution in [0.3, 0.4) is 0 Å². The lowest BCUT2D eigenvalue weighted by Crippen LogP contribution is -2.47. The largest absolute Gasteiger partial charge is 0.485 e. The predicted octanol–water partition coefficient (Wildman–Crippen LogP) is 9.51. The Balaban J connectivity index is 1.07. The summed E-state index contributed by atoms with van der Waals surface area (Å²) in [7, 11) is 0. The average molecular weight is 646 g/mol. The summed E-state index contributed by atoms with van der Waals surface area (Å²) in [6, 6.07) is 54.4. The highest BCUT2D eigenvalue weighted by Crippen LogP contribution is 2.63. The normalized spacial score (nSPS) is 23.9. The minimum Gasteiger partial charge on any atom is -0.485 e. The first kappa shape index (κ1) is 29.0. The second-order valence-electron chi connectivity index (χ2n) is 13.5. The van der Waals surface area contributed by atoms with E-state index in [1.807, 2.05) is 12.1 Å². The molecule has 2 heterocycles. The summed E-state index contributed by atoms with van der Waals surface area (Å²) < 4.78 is 6.65. The highest BCUT2D eigenvalue weighted by molar-refractivity contribution is 5.99. The molecule has 4 aliphatic rings. The Labute approximate surface area is 292 Å². The van der Waals surface area contributed by atoms with Gasteiger partial charge in [-0.05, 0) is 56.6 Å². The zero-order valence-corrected chi connectivity index (χ0v) is 27.4. The Bertz CT molecular complexity index is 2330. The first-order chi connectivity index (χ1) is 24.8. The Morgan fingerprint density at radius 3 is 2.06 bits per heavy atom. The van der Waals surface area contributed by atoms with Gasteiger partial charge in [-0.2, -0.15) is 0 Å². The zero-order chi connectivity index (χ0) is 33.1. The van der Waals surface area contributed by atoms with Gasteiger partial charge in [-0.15, -0.1) is 0 Å². The van der Waals surface area contributed by atoms with Crippen molar-refractivity contribution < 1.29 is 4.74 Å². The molecule has 1 spiro atoms. The molecule has 5 unspecified atom stereocenters. The fraction of sp³-hybridized carbons (Fsp3) is 0.109. The smallest absolute Gasteiger partial charge is 0.131 e. The van der Waals surface area contributed by atoms with Crippen LogP contribution in [0.1, 0.15) is 45.7 Å². The second kappa shape index (κ2) is 11.6. The molecule has 6 aromatic rings. The van der Waals surface area contributed by atoms with Gasteiger partial charge >= 0.3 is 0 Å². The van der Waals surface area contributed by atoms with Gasteiger partial charge in [0.2, 0.25) is 0 Å². The van der Waals surface area contributed by atoms with E-state index in [0.717, 1.165) is 28.3 Å². The molecule has 0 aromatic heterocycles. The SMILES string of the molecule is C1=CC2Oc3ccccc3C3(c4ccccc4-c4c(-c5ccc(C6NC(c7ccccc7)=NC(c7ccccc7)N6)cc5)cccc43)C2C=C1. The van der Waals surface area contributed by atoms with Crippen LogP contribution in [0.2, 0.25) is 0 Å². The van der Waals surface area contributed by atoms with Crippen LogP contribution in [0.4, 0.5) is 0 Å². The van der Waals surface area contributed by atoms with E-state index in [2.05, 4.69) is 174 Å². The molecule has 10 rings (SSSR count). The van der Waals surface area contributed by atoms with Gasteiger partial charge in [0, 0.05) is 17.0 Å². The fourth-order valence-electron chi connectivity index (χ4n) is 8.70. The minimum absolute atomic E-state index is 0.0450. The van der Waals surface area contributed by atoms with Crippen LogP contribution in [0, 0.1) is 5.92 Å². The molecule has 4 heteroatoms. The molecule has 2 aliphatic carbocycles. The fourth-order valence-corrected chi connectivity index (χ4v) is 8.70. The molecular weight excluding hydrogens is 611 g/mol. The van der Waals surface area contributed by atoms with Crippen molar-refractivity contribution in [1.29, 1.82) is 0 Å². The molecule has 5 atom stereocenters. The maximum Gasteiger partial charge on any atom is 0.131 e. The van der Waals surface area contributed by atoms with Gasteiger partial charge in [-0.3, -0.25) is 5.32 Å². The number of para-hydroxylation sites is 1. The van der Waals surface area contributed by atoms with Crippen molar-refractivity contribution in [1.82, 2.24) is 10.6 Å². The molecular formula is C46H35N3O. The highest BCUT2D eigenvalue weighted by Gasteiger charge is 2.56. The summed E-state index contributed by atoms with van der Waals surface area (Å²) in [5.74, 6) is 1.98. The lowest BCUT2D eigenvalue weighted by molar-refractivity contribution is 0.141. The summed E-state index contributed by atoms with van der Waals surface area (Å²) in [4.78, 5) is 5.09. The topological polar surface area (TPSA) is 45.6 Å². The molecule has 2 N–H and O–H groups in total. The third kappa shape index (κ3) is 4.38. The van der Waals surface area contributed by atoms with Gasteiger partial charge in [0.1, 0.15) is 30.0 Å². The molecule has 0 radical (unpaired) electrons. The molecule has 2 aliphatic heterocycles. The van der Waals surface area contributed by atoms with Crippen LogP contribution < -0.4 is 15.4 Å². The van der Waals surface area contributed by atoms with Crippen LogP contribution in [0.25, 0.3) is 22.3 Å². The number of nitrogens with one attached hydrogen (secondary N) is 2. The number of amidine groups is 1. The maximum absolute atomic E-state index is 6.65. The van der Waals surface area contributed by atoms with E-state index in [9.17, 15) is 0 Å². The monoisotopic (exact) mass is 645 g/mol. The number of benzene rings is 6. The van der Waals surface area contributed by atoms with E-state index in [4.69, 9.17) is 9.73 Å². The Hall–Kier alpha value is -5.97. The van der Waals surface area contributed by atoms with Crippen molar-refractivity contribution in [3.63, 3.8) is 0 Å². The molecule has 6 aromatic carbocycles. The summed E-state index contributed by atoms with van der Waals surface area (Å²) in [6.07, 6.45) is 8.55. The van der Waals surface area contributed by atoms with Crippen molar-refractivity contribution in [3.05, 3.63) is 209 Å². The lowest BCUT2D eigenvalue weighted by Gasteiger charge is -2.47. The summed E-state index contributed by atoms with van der Waals surface area (Å²) >= 11 is 0. The number of hydrogen-bond acceptors (Lipinski definition) is 4. The minimum atomic E-state index is -0.363. The van der Waals surface area contributed by atoms with Gasteiger partial charge in [-0.25, -0.2) is 4.99 Å². The van der Waals surface area contributed by atoms with Crippen molar-refractivity contribution in [3.8, 4) is 28.0 Å². The van der Waals surface area contributed by atoms with Crippen LogP contribution in [-0.4, -0.2) is 11.9 Å². The number of allylic oxidation sites excluding steroid dienone is 2. The van der Waals surface area contributed by atoms with Gasteiger partial charge in [0.25, 0.3) is 0 Å². The van der Waals surface area contributed by atoms with Crippen molar-refractivity contribution in [2.45, 2.75) is 23.9 Å². The van der Waals surface area contributed by atoms with E-state index < -0.39 is 0 Å². The van der Waals surface area contributed by atoms with Gasteiger partial charge in [0.15, 0.2) is 0 Å². The average Bonchev–Trinajstić information content (AvgIpc) is 3.49. The number of aliphatic imine (C=N–C) groups is 1. The van der Waals surface area contributed by atoms with Gasteiger partial charge in [-0.1, -0.05) is 164 Å². The zero-order valence-electron chi connectivity index (χ0n) is 27.4. The van der Waals surface area contributed by atoms with E-state index >= 15 is 0 Å². The van der Waals surface area contributed by atoms with E-state index in [-0.39, 0.29) is 29.8 Å². The second-order valence-corrected chi connectivity index (χ2v) is 13.5. The lowest BCUT2D eigenvalue weighted by atomic mass is 9.60. The molecule has 0 saturated carbocycles. The molecule has 4 nitrogen and oxygen atoms in total. The number of rotatable bonds is 4. The molecule has 50 heavy (non-hydrogen) atoms. The Morgan fingerprint density at radius 1 is 0.540 bits per heavy atom. The van der Waals surface area contributed by atoms with Crippen molar-refractivity contribution >= 4 is 5.84 Å². The van der Waals surface area contributed by atoms with Gasteiger partial charge < -0.3 is 10.1 Å². The van der Waals surface area contributed by atoms with E-state index in [1.54, 1.807) is 0 Å². The van der Waals surface area contributed by atoms with Crippen molar-refractivity contribution in [2.75, 3.05) is 0 Å². The molecule has 0 bridgehead atoms. The third-order valence-corrected chi connectivity index (χ3v) is 10.9. The Kier molecular flexibility index (Phi) is 6.71. The number of ether oxygens (including phenoxy) is 1. The number of fused-ring (bicyclic) bond motifs is 9. The van der Waals surface area contributed by atoms with Gasteiger partial charge in [0.05, 0.1) is 5.41 Å². The summed E-state index contributed by atoms with van der Waals surface area (Å²) in [5.41, 5.74) is 12.0. The molecule has 0 fully saturated rings. The van der Waals surface area contributed by atoms with E-state index in [1.165, 1.54) is 38.9 Å². The number of hydrogen-bond donors (Lipinski definition) is 2. The standard InChI is InChI=1S/C46H35N3O/c1-3-14-31(15-4-1)43-47-44(32-16-5-2-6-17-32)49-45(48-43)33-28-26-30(27-29-33)34-19-13-23-39-42(34)35-18-7-8-20-36(35)46(39)37-21-9-11-24-40(37)50-41-25-12-10-22-38(41)46/h1-29,37,40,43,45,48H,(H,47,49). The summed E-state index contributed by atoms with van der Waals surface area (Å²) in [6.45, 7) is 0. The highest BCUT2D eigenvalue weighted by atomic mass is 16.5. The first-order valence-corrected chi connectivity index (χ1v) is 17.4. The predicted molar refractivity (Wildman–Crippen MR) is 201 cm³/mol. The molecule has 0 amide bonds. The Morgan fingerprint density at radius 2 is 1.22 bits per heavy atom.